The Morgan fingerprint density at radius 3 is 2.57 bits per heavy atom. The molecule has 4 rings (SSSR count). The van der Waals surface area contributed by atoms with Crippen LogP contribution in [0, 0.1) is 13.8 Å². The molecule has 1 aliphatic heterocycles. The highest BCUT2D eigenvalue weighted by atomic mass is 16.5. The van der Waals surface area contributed by atoms with Gasteiger partial charge in [0.2, 0.25) is 5.78 Å². The number of hydrogen-bond donors (Lipinski definition) is 0. The van der Waals surface area contributed by atoms with Gasteiger partial charge in [-0.3, -0.25) is 4.79 Å². The van der Waals surface area contributed by atoms with Gasteiger partial charge in [-0.15, -0.1) is 0 Å². The number of Topliss-reactive ketones (excluding diaryl/α,β-unsaturated/α-hetero) is 1. The van der Waals surface area contributed by atoms with E-state index in [9.17, 15) is 9.59 Å². The van der Waals surface area contributed by atoms with E-state index >= 15 is 0 Å². The van der Waals surface area contributed by atoms with Crippen LogP contribution in [0.15, 0.2) is 72.5 Å². The summed E-state index contributed by atoms with van der Waals surface area (Å²) in [6, 6.07) is 19.8. The minimum atomic E-state index is -0.446. The maximum Gasteiger partial charge on any atom is 0.343 e. The Bertz CT molecular complexity index is 1120. The minimum Gasteiger partial charge on any atom is -0.452 e. The molecule has 0 atom stereocenters. The quantitative estimate of drug-likeness (QED) is 0.364. The number of ether oxygens (including phenoxy) is 2. The molecule has 1 heterocycles. The van der Waals surface area contributed by atoms with Crippen LogP contribution < -0.4 is 9.47 Å². The SMILES string of the molecule is Cc1cccc(C=C2Oc3cc(OC(=O)c4ccccc4C)ccc3C2=O)c1. The third-order valence-corrected chi connectivity index (χ3v) is 4.56. The molecular formula is C24H18O4. The van der Waals surface area contributed by atoms with Gasteiger partial charge in [0, 0.05) is 6.07 Å². The molecule has 0 saturated heterocycles. The summed E-state index contributed by atoms with van der Waals surface area (Å²) in [6.45, 7) is 3.84. The zero-order valence-corrected chi connectivity index (χ0v) is 15.6. The number of allylic oxidation sites excluding steroid dienone is 1. The van der Waals surface area contributed by atoms with Crippen molar-refractivity contribution in [2.75, 3.05) is 0 Å². The fourth-order valence-electron chi connectivity index (χ4n) is 3.11. The number of aryl methyl sites for hydroxylation is 2. The molecule has 0 N–H and O–H groups in total. The highest BCUT2D eigenvalue weighted by molar-refractivity contribution is 6.14. The third kappa shape index (κ3) is 3.45. The Hall–Kier alpha value is -3.66. The fourth-order valence-corrected chi connectivity index (χ4v) is 3.11. The fraction of sp³-hybridized carbons (Fsp3) is 0.0833. The predicted octanol–water partition coefficient (Wildman–Crippen LogP) is 5.14. The molecule has 0 saturated carbocycles. The van der Waals surface area contributed by atoms with Crippen molar-refractivity contribution >= 4 is 17.8 Å². The molecule has 0 amide bonds. The van der Waals surface area contributed by atoms with Gasteiger partial charge in [0.1, 0.15) is 11.5 Å². The van der Waals surface area contributed by atoms with Gasteiger partial charge in [0.05, 0.1) is 11.1 Å². The smallest absolute Gasteiger partial charge is 0.343 e. The van der Waals surface area contributed by atoms with Crippen LogP contribution in [-0.2, 0) is 0 Å². The van der Waals surface area contributed by atoms with Crippen LogP contribution >= 0.6 is 0 Å². The minimum absolute atomic E-state index is 0.187. The summed E-state index contributed by atoms with van der Waals surface area (Å²) in [5.74, 6) is 0.338. The Kier molecular flexibility index (Phi) is 4.53. The molecule has 0 aromatic heterocycles. The molecule has 0 unspecified atom stereocenters. The second-order valence-corrected chi connectivity index (χ2v) is 6.72. The normalized spacial score (nSPS) is 13.9. The zero-order valence-electron chi connectivity index (χ0n) is 15.6. The molecule has 3 aromatic carbocycles. The molecule has 4 nitrogen and oxygen atoms in total. The van der Waals surface area contributed by atoms with Gasteiger partial charge in [0.25, 0.3) is 0 Å². The molecular weight excluding hydrogens is 352 g/mol. The first kappa shape index (κ1) is 17.7. The number of ketones is 1. The van der Waals surface area contributed by atoms with Crippen molar-refractivity contribution in [2.24, 2.45) is 0 Å². The third-order valence-electron chi connectivity index (χ3n) is 4.56. The van der Waals surface area contributed by atoms with Crippen molar-refractivity contribution in [1.82, 2.24) is 0 Å². The number of benzene rings is 3. The lowest BCUT2D eigenvalue weighted by atomic mass is 10.1. The topological polar surface area (TPSA) is 52.6 Å². The largest absolute Gasteiger partial charge is 0.452 e. The van der Waals surface area contributed by atoms with Crippen molar-refractivity contribution in [3.05, 3.63) is 100 Å². The summed E-state index contributed by atoms with van der Waals surface area (Å²) < 4.78 is 11.2. The first-order chi connectivity index (χ1) is 13.5. The van der Waals surface area contributed by atoms with Crippen LogP contribution in [0.2, 0.25) is 0 Å². The molecule has 0 aliphatic carbocycles. The predicted molar refractivity (Wildman–Crippen MR) is 107 cm³/mol. The number of esters is 1. The molecule has 0 bridgehead atoms. The molecule has 3 aromatic rings. The average molecular weight is 370 g/mol. The summed E-state index contributed by atoms with van der Waals surface area (Å²) in [7, 11) is 0. The number of fused-ring (bicyclic) bond motifs is 1. The summed E-state index contributed by atoms with van der Waals surface area (Å²) in [6.07, 6.45) is 1.72. The number of carbonyl (C=O) groups excluding carboxylic acids is 2. The first-order valence-electron chi connectivity index (χ1n) is 8.94. The van der Waals surface area contributed by atoms with E-state index in [1.807, 2.05) is 50.2 Å². The Balaban J connectivity index is 1.57. The van der Waals surface area contributed by atoms with E-state index in [1.165, 1.54) is 0 Å². The van der Waals surface area contributed by atoms with Gasteiger partial charge >= 0.3 is 5.97 Å². The van der Waals surface area contributed by atoms with Gasteiger partial charge < -0.3 is 9.47 Å². The van der Waals surface area contributed by atoms with Gasteiger partial charge in [-0.2, -0.15) is 0 Å². The number of carbonyl (C=O) groups is 2. The second-order valence-electron chi connectivity index (χ2n) is 6.72. The van der Waals surface area contributed by atoms with Crippen LogP contribution in [-0.4, -0.2) is 11.8 Å². The summed E-state index contributed by atoms with van der Waals surface area (Å²) >= 11 is 0. The molecule has 28 heavy (non-hydrogen) atoms. The highest BCUT2D eigenvalue weighted by Gasteiger charge is 2.28. The number of hydrogen-bond acceptors (Lipinski definition) is 4. The van der Waals surface area contributed by atoms with E-state index in [-0.39, 0.29) is 11.5 Å². The van der Waals surface area contributed by atoms with Crippen LogP contribution in [0.25, 0.3) is 6.08 Å². The van der Waals surface area contributed by atoms with Crippen molar-refractivity contribution in [3.8, 4) is 11.5 Å². The highest BCUT2D eigenvalue weighted by Crippen LogP contribution is 2.35. The van der Waals surface area contributed by atoms with Crippen LogP contribution in [0.5, 0.6) is 11.5 Å². The van der Waals surface area contributed by atoms with Gasteiger partial charge in [-0.05, 0) is 49.2 Å². The van der Waals surface area contributed by atoms with E-state index in [0.717, 1.165) is 16.7 Å². The van der Waals surface area contributed by atoms with Crippen molar-refractivity contribution in [3.63, 3.8) is 0 Å². The lowest BCUT2D eigenvalue weighted by molar-refractivity contribution is 0.0733. The number of rotatable bonds is 3. The Morgan fingerprint density at radius 1 is 0.964 bits per heavy atom. The van der Waals surface area contributed by atoms with E-state index in [4.69, 9.17) is 9.47 Å². The monoisotopic (exact) mass is 370 g/mol. The molecule has 1 aliphatic rings. The maximum atomic E-state index is 12.6. The summed E-state index contributed by atoms with van der Waals surface area (Å²) in [5, 5.41) is 0. The second kappa shape index (κ2) is 7.16. The summed E-state index contributed by atoms with van der Waals surface area (Å²) in [5.41, 5.74) is 3.78. The van der Waals surface area contributed by atoms with Crippen molar-refractivity contribution in [1.29, 1.82) is 0 Å². The molecule has 138 valence electrons. The Labute approximate surface area is 163 Å². The van der Waals surface area contributed by atoms with Crippen molar-refractivity contribution < 1.29 is 19.1 Å². The van der Waals surface area contributed by atoms with Gasteiger partial charge in [0.15, 0.2) is 5.76 Å². The first-order valence-corrected chi connectivity index (χ1v) is 8.94. The molecule has 0 fully saturated rings. The lowest BCUT2D eigenvalue weighted by Gasteiger charge is -2.07. The Morgan fingerprint density at radius 2 is 1.79 bits per heavy atom. The standard InChI is InChI=1S/C24H18O4/c1-15-6-5-8-17(12-15)13-22-23(25)20-11-10-18(14-21(20)28-22)27-24(26)19-9-4-3-7-16(19)2/h3-14H,1-2H3. The maximum absolute atomic E-state index is 12.6. The molecule has 4 heteroatoms. The van der Waals surface area contributed by atoms with E-state index < -0.39 is 5.97 Å². The molecule has 0 spiro atoms. The average Bonchev–Trinajstić information content (AvgIpc) is 2.97. The van der Waals surface area contributed by atoms with Crippen molar-refractivity contribution in [2.45, 2.75) is 13.8 Å². The summed E-state index contributed by atoms with van der Waals surface area (Å²) in [4.78, 5) is 25.0. The van der Waals surface area contributed by atoms with E-state index in [1.54, 1.807) is 36.4 Å². The van der Waals surface area contributed by atoms with E-state index in [0.29, 0.717) is 22.6 Å². The zero-order chi connectivity index (χ0) is 19.7. The van der Waals surface area contributed by atoms with Crippen LogP contribution in [0.1, 0.15) is 37.4 Å². The van der Waals surface area contributed by atoms with Gasteiger partial charge in [-0.1, -0.05) is 48.0 Å². The van der Waals surface area contributed by atoms with Gasteiger partial charge in [-0.25, -0.2) is 4.79 Å². The van der Waals surface area contributed by atoms with Crippen LogP contribution in [0.3, 0.4) is 0 Å². The molecule has 0 radical (unpaired) electrons. The van der Waals surface area contributed by atoms with E-state index in [2.05, 4.69) is 0 Å². The van der Waals surface area contributed by atoms with Crippen LogP contribution in [0.4, 0.5) is 0 Å². The lowest BCUT2D eigenvalue weighted by Crippen LogP contribution is -2.10.